The second-order valence-corrected chi connectivity index (χ2v) is 6.01. The first-order valence-electron chi connectivity index (χ1n) is 7.95. The summed E-state index contributed by atoms with van der Waals surface area (Å²) in [5.74, 6) is -2.18. The molecule has 0 aliphatic heterocycles. The van der Waals surface area contributed by atoms with Gasteiger partial charge in [-0.3, -0.25) is 9.59 Å². The van der Waals surface area contributed by atoms with Crippen molar-refractivity contribution in [3.05, 3.63) is 53.6 Å². The molecule has 0 aromatic heterocycles. The fourth-order valence-corrected chi connectivity index (χ4v) is 3.11. The summed E-state index contributed by atoms with van der Waals surface area (Å²) in [5, 5.41) is 14.2. The Bertz CT molecular complexity index is 860. The van der Waals surface area contributed by atoms with Gasteiger partial charge in [0.25, 0.3) is 0 Å². The van der Waals surface area contributed by atoms with Gasteiger partial charge in [0, 0.05) is 19.0 Å². The predicted molar refractivity (Wildman–Crippen MR) is 93.2 cm³/mol. The highest BCUT2D eigenvalue weighted by Gasteiger charge is 2.24. The second kappa shape index (κ2) is 6.76. The first-order chi connectivity index (χ1) is 12.0. The van der Waals surface area contributed by atoms with Crippen molar-refractivity contribution < 1.29 is 19.5 Å². The molecule has 3 N–H and O–H groups in total. The third kappa shape index (κ3) is 3.52. The largest absolute Gasteiger partial charge is 0.480 e. The number of benzene rings is 2. The van der Waals surface area contributed by atoms with Crippen LogP contribution in [0.4, 0.5) is 5.69 Å². The van der Waals surface area contributed by atoms with Crippen LogP contribution in [-0.2, 0) is 20.8 Å². The Balaban J connectivity index is 1.77. The highest BCUT2D eigenvalue weighted by molar-refractivity contribution is 5.97. The molecule has 2 aromatic rings. The lowest BCUT2D eigenvalue weighted by molar-refractivity contribution is -0.142. The number of carboxylic acids is 1. The minimum Gasteiger partial charge on any atom is -0.480 e. The minimum atomic E-state index is -1.24. The SMILES string of the molecule is CC(=O)N[C@H](CC(=O)Nc1cccc2c1Cc1ccccc1-2)C(=O)O. The zero-order chi connectivity index (χ0) is 18.0. The monoisotopic (exact) mass is 338 g/mol. The molecule has 0 spiro atoms. The summed E-state index contributed by atoms with van der Waals surface area (Å²) in [6.45, 7) is 1.22. The molecule has 0 unspecified atom stereocenters. The Morgan fingerprint density at radius 1 is 1.08 bits per heavy atom. The summed E-state index contributed by atoms with van der Waals surface area (Å²) in [6, 6.07) is 12.5. The number of amides is 2. The Labute approximate surface area is 144 Å². The average Bonchev–Trinajstić information content (AvgIpc) is 2.93. The van der Waals surface area contributed by atoms with Crippen molar-refractivity contribution in [3.63, 3.8) is 0 Å². The van der Waals surface area contributed by atoms with E-state index in [9.17, 15) is 14.4 Å². The van der Waals surface area contributed by atoms with Crippen molar-refractivity contribution in [1.29, 1.82) is 0 Å². The number of nitrogens with one attached hydrogen (secondary N) is 2. The molecule has 1 aliphatic carbocycles. The zero-order valence-electron chi connectivity index (χ0n) is 13.7. The summed E-state index contributed by atoms with van der Waals surface area (Å²) < 4.78 is 0. The van der Waals surface area contributed by atoms with Crippen LogP contribution >= 0.6 is 0 Å². The molecule has 0 radical (unpaired) electrons. The van der Waals surface area contributed by atoms with Gasteiger partial charge in [0.05, 0.1) is 6.42 Å². The van der Waals surface area contributed by atoms with Crippen molar-refractivity contribution >= 4 is 23.5 Å². The van der Waals surface area contributed by atoms with Crippen LogP contribution in [0, 0.1) is 0 Å². The first-order valence-corrected chi connectivity index (χ1v) is 7.95. The fourth-order valence-electron chi connectivity index (χ4n) is 3.11. The molecule has 6 nitrogen and oxygen atoms in total. The lowest BCUT2D eigenvalue weighted by Crippen LogP contribution is -2.42. The van der Waals surface area contributed by atoms with Gasteiger partial charge < -0.3 is 15.7 Å². The molecule has 0 fully saturated rings. The summed E-state index contributed by atoms with van der Waals surface area (Å²) in [4.78, 5) is 34.5. The third-order valence-electron chi connectivity index (χ3n) is 4.19. The molecule has 128 valence electrons. The summed E-state index contributed by atoms with van der Waals surface area (Å²) in [7, 11) is 0. The fraction of sp³-hybridized carbons (Fsp3) is 0.211. The quantitative estimate of drug-likeness (QED) is 0.664. The van der Waals surface area contributed by atoms with Gasteiger partial charge in [-0.2, -0.15) is 0 Å². The topological polar surface area (TPSA) is 95.5 Å². The summed E-state index contributed by atoms with van der Waals surface area (Å²) >= 11 is 0. The number of anilines is 1. The standard InChI is InChI=1S/C19H18N2O4/c1-11(22)20-17(19(24)25)10-18(23)21-16-8-4-7-14-13-6-3-2-5-12(13)9-15(14)16/h2-8,17H,9-10H2,1H3,(H,20,22)(H,21,23)(H,24,25)/t17-/m1/s1. The number of rotatable bonds is 5. The highest BCUT2D eigenvalue weighted by Crippen LogP contribution is 2.39. The molecule has 0 bridgehead atoms. The van der Waals surface area contributed by atoms with E-state index in [-0.39, 0.29) is 6.42 Å². The van der Waals surface area contributed by atoms with Gasteiger partial charge in [-0.1, -0.05) is 36.4 Å². The van der Waals surface area contributed by atoms with Gasteiger partial charge >= 0.3 is 5.97 Å². The van der Waals surface area contributed by atoms with Crippen molar-refractivity contribution in [3.8, 4) is 11.1 Å². The maximum atomic E-state index is 12.3. The number of hydrogen-bond donors (Lipinski definition) is 3. The molecule has 25 heavy (non-hydrogen) atoms. The zero-order valence-corrected chi connectivity index (χ0v) is 13.7. The molecule has 0 saturated heterocycles. The lowest BCUT2D eigenvalue weighted by atomic mass is 10.0. The van der Waals surface area contributed by atoms with E-state index in [1.54, 1.807) is 6.07 Å². The molecule has 3 rings (SSSR count). The Kier molecular flexibility index (Phi) is 4.52. The van der Waals surface area contributed by atoms with E-state index in [4.69, 9.17) is 5.11 Å². The van der Waals surface area contributed by atoms with Crippen molar-refractivity contribution in [1.82, 2.24) is 5.32 Å². The first kappa shape index (κ1) is 16.7. The second-order valence-electron chi connectivity index (χ2n) is 6.01. The van der Waals surface area contributed by atoms with E-state index in [0.29, 0.717) is 5.69 Å². The van der Waals surface area contributed by atoms with Crippen molar-refractivity contribution in [2.75, 3.05) is 5.32 Å². The molecule has 1 aliphatic rings. The molecule has 2 amide bonds. The molecule has 6 heteroatoms. The maximum absolute atomic E-state index is 12.3. The van der Waals surface area contributed by atoms with E-state index < -0.39 is 23.8 Å². The summed E-state index contributed by atoms with van der Waals surface area (Å²) in [5.41, 5.74) is 5.11. The van der Waals surface area contributed by atoms with Gasteiger partial charge in [-0.25, -0.2) is 4.79 Å². The van der Waals surface area contributed by atoms with Crippen LogP contribution in [0.15, 0.2) is 42.5 Å². The number of fused-ring (bicyclic) bond motifs is 3. The molecular formula is C19H18N2O4. The van der Waals surface area contributed by atoms with Crippen LogP contribution in [0.25, 0.3) is 11.1 Å². The van der Waals surface area contributed by atoms with Crippen LogP contribution in [-0.4, -0.2) is 28.9 Å². The smallest absolute Gasteiger partial charge is 0.326 e. The Morgan fingerprint density at radius 3 is 2.52 bits per heavy atom. The van der Waals surface area contributed by atoms with Crippen LogP contribution < -0.4 is 10.6 Å². The minimum absolute atomic E-state index is 0.328. The van der Waals surface area contributed by atoms with Crippen LogP contribution in [0.3, 0.4) is 0 Å². The van der Waals surface area contributed by atoms with Crippen molar-refractivity contribution in [2.24, 2.45) is 0 Å². The van der Waals surface area contributed by atoms with E-state index in [0.717, 1.165) is 23.1 Å². The molecule has 1 atom stereocenters. The van der Waals surface area contributed by atoms with Gasteiger partial charge in [-0.05, 0) is 28.3 Å². The molecular weight excluding hydrogens is 320 g/mol. The molecule has 0 saturated carbocycles. The van der Waals surface area contributed by atoms with Crippen molar-refractivity contribution in [2.45, 2.75) is 25.8 Å². The van der Waals surface area contributed by atoms with Gasteiger partial charge in [0.2, 0.25) is 11.8 Å². The van der Waals surface area contributed by atoms with Gasteiger partial charge in [-0.15, -0.1) is 0 Å². The number of carbonyl (C=O) groups is 3. The van der Waals surface area contributed by atoms with Gasteiger partial charge in [0.15, 0.2) is 0 Å². The third-order valence-corrected chi connectivity index (χ3v) is 4.19. The lowest BCUT2D eigenvalue weighted by Gasteiger charge is -2.14. The molecule has 0 heterocycles. The number of carboxylic acid groups (broad SMARTS) is 1. The molecule has 2 aromatic carbocycles. The van der Waals surface area contributed by atoms with E-state index in [1.807, 2.05) is 30.3 Å². The van der Waals surface area contributed by atoms with E-state index in [1.165, 1.54) is 12.5 Å². The van der Waals surface area contributed by atoms with Crippen LogP contribution in [0.1, 0.15) is 24.5 Å². The highest BCUT2D eigenvalue weighted by atomic mass is 16.4. The normalized spacial score (nSPS) is 12.7. The number of aliphatic carboxylic acids is 1. The van der Waals surface area contributed by atoms with Crippen LogP contribution in [0.2, 0.25) is 0 Å². The maximum Gasteiger partial charge on any atom is 0.326 e. The number of hydrogen-bond acceptors (Lipinski definition) is 3. The van der Waals surface area contributed by atoms with E-state index >= 15 is 0 Å². The van der Waals surface area contributed by atoms with Crippen LogP contribution in [0.5, 0.6) is 0 Å². The average molecular weight is 338 g/mol. The Morgan fingerprint density at radius 2 is 1.80 bits per heavy atom. The summed E-state index contributed by atoms with van der Waals surface area (Å²) in [6.07, 6.45) is 0.390. The van der Waals surface area contributed by atoms with E-state index in [2.05, 4.69) is 16.7 Å². The number of carbonyl (C=O) groups excluding carboxylic acids is 2. The predicted octanol–water partition coefficient (Wildman–Crippen LogP) is 2.18. The Hall–Kier alpha value is -3.15. The van der Waals surface area contributed by atoms with Gasteiger partial charge in [0.1, 0.15) is 6.04 Å².